The van der Waals surface area contributed by atoms with Crippen LogP contribution in [0.1, 0.15) is 10.4 Å². The van der Waals surface area contributed by atoms with Gasteiger partial charge in [0.1, 0.15) is 5.82 Å². The number of nitrogens with one attached hydrogen (secondary N) is 1. The molecule has 5 rings (SSSR count). The van der Waals surface area contributed by atoms with Crippen molar-refractivity contribution < 1.29 is 9.59 Å². The van der Waals surface area contributed by atoms with E-state index in [1.54, 1.807) is 17.2 Å². The number of hydrogen-bond donors (Lipinski definition) is 1. The summed E-state index contributed by atoms with van der Waals surface area (Å²) in [6.07, 6.45) is 1.78. The predicted octanol–water partition coefficient (Wildman–Crippen LogP) is 2.64. The van der Waals surface area contributed by atoms with Crippen molar-refractivity contribution in [3.05, 3.63) is 72.4 Å². The molecule has 32 heavy (non-hydrogen) atoms. The largest absolute Gasteiger partial charge is 0.353 e. The number of nitrogens with zero attached hydrogens (tertiary/aromatic N) is 5. The van der Waals surface area contributed by atoms with Gasteiger partial charge in [-0.15, -0.1) is 0 Å². The number of amides is 3. The third-order valence-corrected chi connectivity index (χ3v) is 5.83. The monoisotopic (exact) mass is 428 g/mol. The molecule has 0 saturated carbocycles. The van der Waals surface area contributed by atoms with E-state index in [9.17, 15) is 9.59 Å². The maximum absolute atomic E-state index is 13.1. The zero-order valence-corrected chi connectivity index (χ0v) is 17.6. The van der Waals surface area contributed by atoms with Crippen molar-refractivity contribution in [3.63, 3.8) is 0 Å². The van der Waals surface area contributed by atoms with Gasteiger partial charge in [-0.2, -0.15) is 0 Å². The number of rotatable bonds is 4. The molecule has 2 saturated heterocycles. The van der Waals surface area contributed by atoms with E-state index in [-0.39, 0.29) is 11.9 Å². The van der Waals surface area contributed by atoms with E-state index >= 15 is 0 Å². The number of benzene rings is 2. The lowest BCUT2D eigenvalue weighted by Gasteiger charge is -2.35. The number of hydrogen-bond acceptors (Lipinski definition) is 5. The van der Waals surface area contributed by atoms with E-state index in [4.69, 9.17) is 4.98 Å². The zero-order valence-electron chi connectivity index (χ0n) is 17.6. The molecule has 0 aliphatic carbocycles. The molecule has 3 amide bonds. The fourth-order valence-electron chi connectivity index (χ4n) is 4.10. The van der Waals surface area contributed by atoms with Gasteiger partial charge in [0.15, 0.2) is 5.82 Å². The van der Waals surface area contributed by atoms with Crippen LogP contribution in [0.2, 0.25) is 0 Å². The van der Waals surface area contributed by atoms with Gasteiger partial charge in [-0.05, 0) is 24.3 Å². The van der Waals surface area contributed by atoms with Crippen LogP contribution in [-0.2, 0) is 0 Å². The van der Waals surface area contributed by atoms with Crippen LogP contribution in [0, 0.1) is 0 Å². The van der Waals surface area contributed by atoms with Crippen molar-refractivity contribution in [2.45, 2.75) is 0 Å². The Morgan fingerprint density at radius 3 is 2.47 bits per heavy atom. The highest BCUT2D eigenvalue weighted by Gasteiger charge is 2.25. The molecule has 8 heteroatoms. The normalized spacial score (nSPS) is 16.2. The van der Waals surface area contributed by atoms with Crippen molar-refractivity contribution in [2.24, 2.45) is 0 Å². The quantitative estimate of drug-likeness (QED) is 0.691. The lowest BCUT2D eigenvalue weighted by atomic mass is 10.1. The van der Waals surface area contributed by atoms with E-state index in [1.165, 1.54) is 0 Å². The number of piperazine rings is 1. The number of urea groups is 1. The highest BCUT2D eigenvalue weighted by atomic mass is 16.2. The molecule has 0 atom stereocenters. The van der Waals surface area contributed by atoms with Crippen molar-refractivity contribution in [2.75, 3.05) is 49.1 Å². The van der Waals surface area contributed by atoms with Crippen molar-refractivity contribution in [3.8, 4) is 11.4 Å². The molecule has 3 aromatic rings. The second-order valence-corrected chi connectivity index (χ2v) is 7.82. The molecule has 0 bridgehead atoms. The SMILES string of the molecule is O=C(c1cccc(N2CCNC2=O)c1)N1CCN(c2ccnc(-c3ccccc3)n2)CC1. The van der Waals surface area contributed by atoms with Crippen molar-refractivity contribution in [1.29, 1.82) is 0 Å². The minimum absolute atomic E-state index is 0.0150. The third kappa shape index (κ3) is 3.99. The van der Waals surface area contributed by atoms with Crippen molar-refractivity contribution in [1.82, 2.24) is 20.2 Å². The van der Waals surface area contributed by atoms with Crippen LogP contribution in [0.15, 0.2) is 66.9 Å². The van der Waals surface area contributed by atoms with Crippen LogP contribution in [0.4, 0.5) is 16.3 Å². The number of carbonyl (C=O) groups excluding carboxylic acids is 2. The van der Waals surface area contributed by atoms with Gasteiger partial charge in [0.2, 0.25) is 0 Å². The molecule has 0 unspecified atom stereocenters. The summed E-state index contributed by atoms with van der Waals surface area (Å²) in [5.74, 6) is 1.55. The van der Waals surface area contributed by atoms with Gasteiger partial charge < -0.3 is 15.1 Å². The van der Waals surface area contributed by atoms with Gasteiger partial charge in [-0.1, -0.05) is 36.4 Å². The fraction of sp³-hybridized carbons (Fsp3) is 0.250. The molecule has 1 aromatic heterocycles. The van der Waals surface area contributed by atoms with E-state index in [0.717, 1.165) is 17.1 Å². The van der Waals surface area contributed by atoms with Crippen LogP contribution in [0.5, 0.6) is 0 Å². The summed E-state index contributed by atoms with van der Waals surface area (Å²) in [4.78, 5) is 39.9. The summed E-state index contributed by atoms with van der Waals surface area (Å²) >= 11 is 0. The lowest BCUT2D eigenvalue weighted by molar-refractivity contribution is 0.0746. The minimum atomic E-state index is -0.122. The Morgan fingerprint density at radius 2 is 1.72 bits per heavy atom. The molecule has 162 valence electrons. The van der Waals surface area contributed by atoms with E-state index in [1.807, 2.05) is 59.5 Å². The van der Waals surface area contributed by atoms with Crippen LogP contribution < -0.4 is 15.1 Å². The highest BCUT2D eigenvalue weighted by molar-refractivity contribution is 5.98. The second-order valence-electron chi connectivity index (χ2n) is 7.82. The molecule has 2 aromatic carbocycles. The average molecular weight is 428 g/mol. The van der Waals surface area contributed by atoms with Crippen LogP contribution in [0.25, 0.3) is 11.4 Å². The molecular weight excluding hydrogens is 404 g/mol. The summed E-state index contributed by atoms with van der Waals surface area (Å²) < 4.78 is 0. The molecule has 1 N–H and O–H groups in total. The predicted molar refractivity (Wildman–Crippen MR) is 123 cm³/mol. The Hall–Kier alpha value is -3.94. The van der Waals surface area contributed by atoms with E-state index in [0.29, 0.717) is 50.7 Å². The first-order valence-corrected chi connectivity index (χ1v) is 10.8. The number of carbonyl (C=O) groups is 2. The van der Waals surface area contributed by atoms with Crippen molar-refractivity contribution >= 4 is 23.4 Å². The Morgan fingerprint density at radius 1 is 0.906 bits per heavy atom. The summed E-state index contributed by atoms with van der Waals surface area (Å²) in [5, 5.41) is 2.79. The van der Waals surface area contributed by atoms with Gasteiger partial charge in [0, 0.05) is 62.3 Å². The Kier molecular flexibility index (Phi) is 5.41. The Labute approximate surface area is 186 Å². The first-order chi connectivity index (χ1) is 15.7. The van der Waals surface area contributed by atoms with Gasteiger partial charge in [-0.25, -0.2) is 14.8 Å². The first-order valence-electron chi connectivity index (χ1n) is 10.8. The molecule has 2 aliphatic rings. The standard InChI is InChI=1S/C24H24N6O2/c31-23(19-7-4-8-20(17-19)30-12-11-26-24(30)32)29-15-13-28(14-16-29)21-9-10-25-22(27-21)18-5-2-1-3-6-18/h1-10,17H,11-16H2,(H,26,32). The maximum Gasteiger partial charge on any atom is 0.321 e. The van der Waals surface area contributed by atoms with Gasteiger partial charge >= 0.3 is 6.03 Å². The number of anilines is 2. The highest BCUT2D eigenvalue weighted by Crippen LogP contribution is 2.22. The van der Waals surface area contributed by atoms with Gasteiger partial charge in [0.05, 0.1) is 0 Å². The van der Waals surface area contributed by atoms with E-state index < -0.39 is 0 Å². The maximum atomic E-state index is 13.1. The average Bonchev–Trinajstić information content (AvgIpc) is 3.30. The minimum Gasteiger partial charge on any atom is -0.353 e. The summed E-state index contributed by atoms with van der Waals surface area (Å²) in [6, 6.07) is 19.0. The number of aromatic nitrogens is 2. The van der Waals surface area contributed by atoms with Gasteiger partial charge in [-0.3, -0.25) is 9.69 Å². The molecule has 3 heterocycles. The summed E-state index contributed by atoms with van der Waals surface area (Å²) in [7, 11) is 0. The van der Waals surface area contributed by atoms with E-state index in [2.05, 4.69) is 15.2 Å². The lowest BCUT2D eigenvalue weighted by Crippen LogP contribution is -2.49. The van der Waals surface area contributed by atoms with Gasteiger partial charge in [0.25, 0.3) is 5.91 Å². The topological polar surface area (TPSA) is 81.7 Å². The van der Waals surface area contributed by atoms with Crippen LogP contribution in [-0.4, -0.2) is 66.1 Å². The Balaban J connectivity index is 1.25. The van der Waals surface area contributed by atoms with Crippen LogP contribution >= 0.6 is 0 Å². The molecule has 0 radical (unpaired) electrons. The molecule has 0 spiro atoms. The Bertz CT molecular complexity index is 1130. The third-order valence-electron chi connectivity index (χ3n) is 5.83. The van der Waals surface area contributed by atoms with Crippen LogP contribution in [0.3, 0.4) is 0 Å². The zero-order chi connectivity index (χ0) is 21.9. The molecule has 2 aliphatic heterocycles. The molecular formula is C24H24N6O2. The summed E-state index contributed by atoms with van der Waals surface area (Å²) in [6.45, 7) is 3.85. The smallest absolute Gasteiger partial charge is 0.321 e. The molecule has 8 nitrogen and oxygen atoms in total. The molecule has 2 fully saturated rings. The summed E-state index contributed by atoms with van der Waals surface area (Å²) in [5.41, 5.74) is 2.33. The first kappa shape index (κ1) is 20.0. The second kappa shape index (κ2) is 8.66. The fourth-order valence-corrected chi connectivity index (χ4v) is 4.10.